The summed E-state index contributed by atoms with van der Waals surface area (Å²) in [5, 5.41) is 23.7. The number of nitrogens with zero attached hydrogens (tertiary/aromatic N) is 4. The molecule has 1 amide bonds. The topological polar surface area (TPSA) is 92.9 Å². The molecule has 0 unspecified atom stereocenters. The van der Waals surface area contributed by atoms with E-state index < -0.39 is 0 Å². The highest BCUT2D eigenvalue weighted by atomic mass is 79.9. The van der Waals surface area contributed by atoms with E-state index in [9.17, 15) is 9.90 Å². The highest BCUT2D eigenvalue weighted by molar-refractivity contribution is 9.10. The van der Waals surface area contributed by atoms with Crippen LogP contribution in [0.3, 0.4) is 0 Å². The number of phenolic OH excluding ortho intramolecular Hbond substituents is 1. The summed E-state index contributed by atoms with van der Waals surface area (Å²) in [5.74, 6) is 0.480. The van der Waals surface area contributed by atoms with Gasteiger partial charge in [0.1, 0.15) is 5.75 Å². The molecular formula is C15H14BrN5O2S2. The lowest BCUT2D eigenvalue weighted by Gasteiger charge is -2.10. The Hall–Kier alpha value is -1.91. The second-order valence-electron chi connectivity index (χ2n) is 5.11. The van der Waals surface area contributed by atoms with Gasteiger partial charge in [-0.05, 0) is 25.1 Å². The molecule has 3 aromatic rings. The van der Waals surface area contributed by atoms with Gasteiger partial charge in [0, 0.05) is 23.1 Å². The lowest BCUT2D eigenvalue weighted by atomic mass is 10.2. The molecule has 2 N–H and O–H groups in total. The molecule has 1 atom stereocenters. The van der Waals surface area contributed by atoms with E-state index in [1.54, 1.807) is 48.3 Å². The molecule has 0 aliphatic heterocycles. The van der Waals surface area contributed by atoms with Gasteiger partial charge in [-0.1, -0.05) is 27.7 Å². The molecule has 25 heavy (non-hydrogen) atoms. The van der Waals surface area contributed by atoms with Gasteiger partial charge in [-0.25, -0.2) is 4.98 Å². The van der Waals surface area contributed by atoms with Crippen molar-refractivity contribution in [1.82, 2.24) is 19.7 Å². The fourth-order valence-electron chi connectivity index (χ4n) is 2.04. The Balaban J connectivity index is 1.77. The summed E-state index contributed by atoms with van der Waals surface area (Å²) >= 11 is 6.03. The molecule has 7 nitrogen and oxygen atoms in total. The Kier molecular flexibility index (Phi) is 5.40. The van der Waals surface area contributed by atoms with Crippen molar-refractivity contribution in [2.75, 3.05) is 5.32 Å². The van der Waals surface area contributed by atoms with Crippen molar-refractivity contribution in [3.8, 4) is 17.1 Å². The zero-order chi connectivity index (χ0) is 18.0. The van der Waals surface area contributed by atoms with Gasteiger partial charge >= 0.3 is 0 Å². The number of rotatable bonds is 5. The van der Waals surface area contributed by atoms with E-state index in [1.165, 1.54) is 23.1 Å². The zero-order valence-electron chi connectivity index (χ0n) is 13.3. The van der Waals surface area contributed by atoms with Crippen LogP contribution in [0, 0.1) is 0 Å². The van der Waals surface area contributed by atoms with Crippen LogP contribution in [-0.2, 0) is 11.8 Å². The number of phenols is 1. The Morgan fingerprint density at radius 2 is 2.24 bits per heavy atom. The van der Waals surface area contributed by atoms with Crippen LogP contribution in [0.4, 0.5) is 5.13 Å². The van der Waals surface area contributed by atoms with Crippen molar-refractivity contribution in [1.29, 1.82) is 0 Å². The number of thioether (sulfide) groups is 1. The van der Waals surface area contributed by atoms with Gasteiger partial charge in [0.15, 0.2) is 16.1 Å². The highest BCUT2D eigenvalue weighted by Gasteiger charge is 2.21. The predicted molar refractivity (Wildman–Crippen MR) is 102 cm³/mol. The molecule has 0 spiro atoms. The number of carbonyl (C=O) groups excluding carboxylic acids is 1. The predicted octanol–water partition coefficient (Wildman–Crippen LogP) is 3.53. The first-order chi connectivity index (χ1) is 12.0. The van der Waals surface area contributed by atoms with Gasteiger partial charge in [0.2, 0.25) is 5.91 Å². The standard InChI is InChI=1S/C15H14BrN5O2S2/c1-8(13(23)18-14-17-5-6-24-14)25-15-20-19-12(21(15)2)10-7-9(16)3-4-11(10)22/h3-8,22H,1-2H3,(H,17,18,23)/t8-/m1/s1. The molecule has 0 radical (unpaired) electrons. The van der Waals surface area contributed by atoms with Crippen molar-refractivity contribution in [2.45, 2.75) is 17.3 Å². The average molecular weight is 440 g/mol. The molecule has 0 saturated heterocycles. The van der Waals surface area contributed by atoms with Gasteiger partial charge in [-0.3, -0.25) is 4.79 Å². The van der Waals surface area contributed by atoms with Gasteiger partial charge in [-0.2, -0.15) is 0 Å². The molecule has 10 heteroatoms. The molecule has 0 bridgehead atoms. The second-order valence-corrected chi connectivity index (χ2v) is 8.23. The molecule has 2 heterocycles. The monoisotopic (exact) mass is 439 g/mol. The number of thiazole rings is 1. The van der Waals surface area contributed by atoms with Crippen molar-refractivity contribution >= 4 is 50.1 Å². The normalized spacial score (nSPS) is 12.1. The number of nitrogens with one attached hydrogen (secondary N) is 1. The molecular weight excluding hydrogens is 426 g/mol. The van der Waals surface area contributed by atoms with Crippen LogP contribution in [0.2, 0.25) is 0 Å². The maximum absolute atomic E-state index is 12.2. The summed E-state index contributed by atoms with van der Waals surface area (Å²) in [4.78, 5) is 16.3. The van der Waals surface area contributed by atoms with Crippen molar-refractivity contribution in [3.63, 3.8) is 0 Å². The van der Waals surface area contributed by atoms with Gasteiger partial charge in [0.25, 0.3) is 0 Å². The first kappa shape index (κ1) is 17.9. The average Bonchev–Trinajstić information content (AvgIpc) is 3.21. The maximum Gasteiger partial charge on any atom is 0.239 e. The lowest BCUT2D eigenvalue weighted by Crippen LogP contribution is -2.22. The minimum Gasteiger partial charge on any atom is -0.507 e. The molecule has 1 aromatic carbocycles. The highest BCUT2D eigenvalue weighted by Crippen LogP contribution is 2.33. The van der Waals surface area contributed by atoms with Gasteiger partial charge < -0.3 is 15.0 Å². The number of carbonyl (C=O) groups is 1. The smallest absolute Gasteiger partial charge is 0.239 e. The van der Waals surface area contributed by atoms with Crippen LogP contribution in [0.1, 0.15) is 6.92 Å². The van der Waals surface area contributed by atoms with Crippen molar-refractivity contribution in [3.05, 3.63) is 34.2 Å². The molecule has 130 valence electrons. The quantitative estimate of drug-likeness (QED) is 0.590. The number of aromatic hydroxyl groups is 1. The Morgan fingerprint density at radius 3 is 2.96 bits per heavy atom. The van der Waals surface area contributed by atoms with E-state index in [0.717, 1.165) is 4.47 Å². The Morgan fingerprint density at radius 1 is 1.44 bits per heavy atom. The van der Waals surface area contributed by atoms with E-state index in [4.69, 9.17) is 0 Å². The van der Waals surface area contributed by atoms with Crippen LogP contribution in [0.15, 0.2) is 39.4 Å². The minimum absolute atomic E-state index is 0.116. The second kappa shape index (κ2) is 7.54. The molecule has 0 aliphatic carbocycles. The van der Waals surface area contributed by atoms with E-state index >= 15 is 0 Å². The summed E-state index contributed by atoms with van der Waals surface area (Å²) in [6.45, 7) is 1.79. The third-order valence-electron chi connectivity index (χ3n) is 3.35. The number of aromatic nitrogens is 4. The van der Waals surface area contributed by atoms with Crippen LogP contribution in [-0.4, -0.2) is 36.0 Å². The summed E-state index contributed by atoms with van der Waals surface area (Å²) in [6.07, 6.45) is 1.64. The van der Waals surface area contributed by atoms with Crippen LogP contribution < -0.4 is 5.32 Å². The molecule has 3 rings (SSSR count). The molecule has 0 saturated carbocycles. The lowest BCUT2D eigenvalue weighted by molar-refractivity contribution is -0.115. The SMILES string of the molecule is C[C@@H](Sc1nnc(-c2cc(Br)ccc2O)n1C)C(=O)Nc1nccs1. The van der Waals surface area contributed by atoms with Crippen molar-refractivity contribution < 1.29 is 9.90 Å². The largest absolute Gasteiger partial charge is 0.507 e. The summed E-state index contributed by atoms with van der Waals surface area (Å²) in [6, 6.07) is 5.10. The summed E-state index contributed by atoms with van der Waals surface area (Å²) in [5.41, 5.74) is 0.566. The Labute approximate surface area is 160 Å². The first-order valence-corrected chi connectivity index (χ1v) is 9.76. The number of anilines is 1. The van der Waals surface area contributed by atoms with Crippen LogP contribution >= 0.6 is 39.0 Å². The number of hydrogen-bond donors (Lipinski definition) is 2. The molecule has 0 aliphatic rings. The van der Waals surface area contributed by atoms with E-state index in [0.29, 0.717) is 21.7 Å². The van der Waals surface area contributed by atoms with E-state index in [2.05, 4.69) is 36.4 Å². The third-order valence-corrected chi connectivity index (χ3v) is 5.66. The van der Waals surface area contributed by atoms with Crippen molar-refractivity contribution in [2.24, 2.45) is 7.05 Å². The number of halogens is 1. The van der Waals surface area contributed by atoms with Gasteiger partial charge in [-0.15, -0.1) is 21.5 Å². The van der Waals surface area contributed by atoms with E-state index in [1.807, 2.05) is 0 Å². The van der Waals surface area contributed by atoms with Gasteiger partial charge in [0.05, 0.1) is 10.8 Å². The fraction of sp³-hybridized carbons (Fsp3) is 0.200. The number of hydrogen-bond acceptors (Lipinski definition) is 7. The summed E-state index contributed by atoms with van der Waals surface area (Å²) in [7, 11) is 1.80. The zero-order valence-corrected chi connectivity index (χ0v) is 16.5. The molecule has 0 fully saturated rings. The van der Waals surface area contributed by atoms with Crippen LogP contribution in [0.5, 0.6) is 5.75 Å². The Bertz CT molecular complexity index is 897. The number of amides is 1. The maximum atomic E-state index is 12.2. The third kappa shape index (κ3) is 4.02. The fourth-order valence-corrected chi connectivity index (χ4v) is 3.75. The minimum atomic E-state index is -0.379. The molecule has 2 aromatic heterocycles. The number of benzene rings is 1. The first-order valence-electron chi connectivity index (χ1n) is 7.21. The van der Waals surface area contributed by atoms with Crippen LogP contribution in [0.25, 0.3) is 11.4 Å². The summed E-state index contributed by atoms with van der Waals surface area (Å²) < 4.78 is 2.58. The van der Waals surface area contributed by atoms with E-state index in [-0.39, 0.29) is 16.9 Å².